The van der Waals surface area contributed by atoms with Crippen LogP contribution >= 0.6 is 11.6 Å². The van der Waals surface area contributed by atoms with E-state index in [4.69, 9.17) is 21.1 Å². The number of aliphatic hydroxyl groups excluding tert-OH is 1. The second-order valence-corrected chi connectivity index (χ2v) is 5.82. The van der Waals surface area contributed by atoms with E-state index in [-0.39, 0.29) is 6.10 Å². The van der Waals surface area contributed by atoms with Crippen molar-refractivity contribution in [2.45, 2.75) is 26.5 Å². The largest absolute Gasteiger partial charge is 0.460 e. The molecule has 0 fully saturated rings. The zero-order valence-corrected chi connectivity index (χ0v) is 13.8. The Morgan fingerprint density at radius 2 is 1.95 bits per heavy atom. The average Bonchev–Trinajstić information content (AvgIpc) is 2.94. The lowest BCUT2D eigenvalue weighted by Crippen LogP contribution is -2.31. The number of furan rings is 1. The number of rotatable bonds is 8. The molecule has 0 spiro atoms. The number of hydrogen-bond acceptors (Lipinski definition) is 4. The first-order valence-corrected chi connectivity index (χ1v) is 7.89. The van der Waals surface area contributed by atoms with Gasteiger partial charge in [-0.25, -0.2) is 0 Å². The van der Waals surface area contributed by atoms with Crippen molar-refractivity contribution in [1.82, 2.24) is 10.6 Å². The first kappa shape index (κ1) is 17.0. The van der Waals surface area contributed by atoms with Gasteiger partial charge in [0.15, 0.2) is 0 Å². The maximum absolute atomic E-state index is 9.13. The molecule has 0 saturated heterocycles. The Kier molecular flexibility index (Phi) is 6.46. The van der Waals surface area contributed by atoms with Gasteiger partial charge in [0.05, 0.1) is 12.6 Å². The van der Waals surface area contributed by atoms with Crippen molar-refractivity contribution >= 4 is 11.6 Å². The molecule has 1 heterocycles. The van der Waals surface area contributed by atoms with Crippen LogP contribution in [-0.4, -0.2) is 30.8 Å². The maximum atomic E-state index is 9.13. The van der Waals surface area contributed by atoms with Gasteiger partial charge in [0.2, 0.25) is 0 Å². The molecular weight excluding hydrogens is 300 g/mol. The van der Waals surface area contributed by atoms with Crippen molar-refractivity contribution < 1.29 is 9.52 Å². The highest BCUT2D eigenvalue weighted by Gasteiger charge is 2.09. The standard InChI is InChI=1S/C17H23ClN2O2/c1-12(21)10-19-8-9-20-11-14-6-7-17(22-14)15-4-3-5-16(18)13(15)2/h3-7,12,19-21H,8-11H2,1-2H3/t12-/m0/s1. The number of nitrogens with one attached hydrogen (secondary N) is 2. The van der Waals surface area contributed by atoms with E-state index in [1.54, 1.807) is 6.92 Å². The molecule has 2 aromatic rings. The zero-order chi connectivity index (χ0) is 15.9. The SMILES string of the molecule is Cc1c(Cl)cccc1-c1ccc(CNCCNC[C@H](C)O)o1. The highest BCUT2D eigenvalue weighted by Crippen LogP contribution is 2.29. The molecule has 0 unspecified atom stereocenters. The maximum Gasteiger partial charge on any atom is 0.134 e. The third-order valence-corrected chi connectivity index (χ3v) is 3.82. The topological polar surface area (TPSA) is 57.4 Å². The first-order chi connectivity index (χ1) is 10.6. The summed E-state index contributed by atoms with van der Waals surface area (Å²) in [4.78, 5) is 0. The van der Waals surface area contributed by atoms with Gasteiger partial charge in [-0.05, 0) is 37.6 Å². The van der Waals surface area contributed by atoms with Gasteiger partial charge in [0.25, 0.3) is 0 Å². The quantitative estimate of drug-likeness (QED) is 0.654. The molecule has 3 N–H and O–H groups in total. The lowest BCUT2D eigenvalue weighted by molar-refractivity contribution is 0.191. The van der Waals surface area contributed by atoms with Crippen molar-refractivity contribution in [2.75, 3.05) is 19.6 Å². The van der Waals surface area contributed by atoms with E-state index in [1.165, 1.54) is 0 Å². The number of benzene rings is 1. The van der Waals surface area contributed by atoms with Crippen LogP contribution in [0.15, 0.2) is 34.7 Å². The van der Waals surface area contributed by atoms with E-state index in [2.05, 4.69) is 10.6 Å². The molecule has 0 saturated carbocycles. The lowest BCUT2D eigenvalue weighted by Gasteiger charge is -2.07. The molecule has 0 radical (unpaired) electrons. The van der Waals surface area contributed by atoms with Gasteiger partial charge in [-0.2, -0.15) is 0 Å². The van der Waals surface area contributed by atoms with E-state index >= 15 is 0 Å². The van der Waals surface area contributed by atoms with Crippen LogP contribution in [-0.2, 0) is 6.54 Å². The van der Waals surface area contributed by atoms with E-state index in [9.17, 15) is 0 Å². The van der Waals surface area contributed by atoms with E-state index in [1.807, 2.05) is 37.3 Å². The van der Waals surface area contributed by atoms with Crippen LogP contribution in [0.25, 0.3) is 11.3 Å². The minimum Gasteiger partial charge on any atom is -0.460 e. The van der Waals surface area contributed by atoms with Crippen molar-refractivity contribution in [3.8, 4) is 11.3 Å². The Morgan fingerprint density at radius 1 is 1.18 bits per heavy atom. The van der Waals surface area contributed by atoms with Crippen molar-refractivity contribution in [1.29, 1.82) is 0 Å². The molecule has 120 valence electrons. The van der Waals surface area contributed by atoms with Crippen LogP contribution in [0.4, 0.5) is 0 Å². The van der Waals surface area contributed by atoms with Crippen molar-refractivity contribution in [2.24, 2.45) is 0 Å². The number of hydrogen-bond donors (Lipinski definition) is 3. The summed E-state index contributed by atoms with van der Waals surface area (Å²) in [6.45, 7) is 6.68. The minimum absolute atomic E-state index is 0.312. The Bertz CT molecular complexity index is 596. The van der Waals surface area contributed by atoms with Crippen LogP contribution in [0.1, 0.15) is 18.2 Å². The molecule has 0 aliphatic rings. The summed E-state index contributed by atoms with van der Waals surface area (Å²) in [6.07, 6.45) is -0.312. The number of halogens is 1. The monoisotopic (exact) mass is 322 g/mol. The fourth-order valence-electron chi connectivity index (χ4n) is 2.19. The molecule has 22 heavy (non-hydrogen) atoms. The predicted octanol–water partition coefficient (Wildman–Crippen LogP) is 2.97. The van der Waals surface area contributed by atoms with E-state index in [0.717, 1.165) is 40.8 Å². The summed E-state index contributed by atoms with van der Waals surface area (Å²) in [5, 5.41) is 16.3. The second-order valence-electron chi connectivity index (χ2n) is 5.41. The first-order valence-electron chi connectivity index (χ1n) is 7.51. The van der Waals surface area contributed by atoms with Gasteiger partial charge in [0, 0.05) is 30.2 Å². The van der Waals surface area contributed by atoms with Gasteiger partial charge in [-0.3, -0.25) is 0 Å². The van der Waals surface area contributed by atoms with E-state index in [0.29, 0.717) is 13.1 Å². The second kappa shape index (κ2) is 8.34. The van der Waals surface area contributed by atoms with Crippen LogP contribution in [0.3, 0.4) is 0 Å². The lowest BCUT2D eigenvalue weighted by atomic mass is 10.1. The summed E-state index contributed by atoms with van der Waals surface area (Å²) in [5.74, 6) is 1.73. The summed E-state index contributed by atoms with van der Waals surface area (Å²) >= 11 is 6.15. The fourth-order valence-corrected chi connectivity index (χ4v) is 2.37. The Balaban J connectivity index is 1.83. The highest BCUT2D eigenvalue weighted by molar-refractivity contribution is 6.31. The normalized spacial score (nSPS) is 12.5. The summed E-state index contributed by atoms with van der Waals surface area (Å²) in [7, 11) is 0. The minimum atomic E-state index is -0.312. The molecule has 0 aliphatic carbocycles. The van der Waals surface area contributed by atoms with Crippen LogP contribution in [0.2, 0.25) is 5.02 Å². The van der Waals surface area contributed by atoms with E-state index < -0.39 is 0 Å². The Morgan fingerprint density at radius 3 is 2.73 bits per heavy atom. The molecule has 4 nitrogen and oxygen atoms in total. The molecule has 2 rings (SSSR count). The van der Waals surface area contributed by atoms with Gasteiger partial charge >= 0.3 is 0 Å². The molecule has 1 aromatic carbocycles. The smallest absolute Gasteiger partial charge is 0.134 e. The molecule has 0 aliphatic heterocycles. The summed E-state index contributed by atoms with van der Waals surface area (Å²) in [5.41, 5.74) is 2.05. The molecule has 0 amide bonds. The highest BCUT2D eigenvalue weighted by atomic mass is 35.5. The van der Waals surface area contributed by atoms with Gasteiger partial charge in [-0.15, -0.1) is 0 Å². The molecule has 1 atom stereocenters. The summed E-state index contributed by atoms with van der Waals surface area (Å²) in [6, 6.07) is 9.77. The third-order valence-electron chi connectivity index (χ3n) is 3.41. The molecule has 0 bridgehead atoms. The van der Waals surface area contributed by atoms with Gasteiger partial charge in [0.1, 0.15) is 11.5 Å². The van der Waals surface area contributed by atoms with Gasteiger partial charge in [-0.1, -0.05) is 23.7 Å². The van der Waals surface area contributed by atoms with Crippen molar-refractivity contribution in [3.05, 3.63) is 46.7 Å². The zero-order valence-electron chi connectivity index (χ0n) is 13.0. The van der Waals surface area contributed by atoms with Crippen molar-refractivity contribution in [3.63, 3.8) is 0 Å². The predicted molar refractivity (Wildman–Crippen MR) is 90.1 cm³/mol. The van der Waals surface area contributed by atoms with Crippen LogP contribution in [0.5, 0.6) is 0 Å². The average molecular weight is 323 g/mol. The number of aliphatic hydroxyl groups is 1. The molecule has 1 aromatic heterocycles. The van der Waals surface area contributed by atoms with Crippen LogP contribution in [0, 0.1) is 6.92 Å². The van der Waals surface area contributed by atoms with Gasteiger partial charge < -0.3 is 20.2 Å². The Labute approximate surface area is 136 Å². The Hall–Kier alpha value is -1.33. The molecule has 5 heteroatoms. The summed E-state index contributed by atoms with van der Waals surface area (Å²) < 4.78 is 5.87. The van der Waals surface area contributed by atoms with Crippen LogP contribution < -0.4 is 10.6 Å². The third kappa shape index (κ3) is 4.85. The fraction of sp³-hybridized carbons (Fsp3) is 0.412. The molecular formula is C17H23ClN2O2.